The van der Waals surface area contributed by atoms with E-state index in [1.54, 1.807) is 6.92 Å². The van der Waals surface area contributed by atoms with Crippen LogP contribution in [0.3, 0.4) is 0 Å². The molecule has 2 unspecified atom stereocenters. The molecule has 42 valence electrons. The minimum atomic E-state index is -0.137. The van der Waals surface area contributed by atoms with Gasteiger partial charge in [-0.3, -0.25) is 4.79 Å². The van der Waals surface area contributed by atoms with E-state index in [2.05, 4.69) is 25.0 Å². The van der Waals surface area contributed by atoms with E-state index in [0.717, 1.165) is 0 Å². The Kier molecular flexibility index (Phi) is 4.01. The van der Waals surface area contributed by atoms with E-state index in [4.69, 9.17) is 7.74 Å². The van der Waals surface area contributed by atoms with Crippen LogP contribution in [0.5, 0.6) is 0 Å². The molecule has 0 aromatic rings. The van der Waals surface area contributed by atoms with E-state index >= 15 is 0 Å². The third-order valence-corrected chi connectivity index (χ3v) is 2.23. The lowest BCUT2D eigenvalue weighted by atomic mass is 9.46. The van der Waals surface area contributed by atoms with Crippen LogP contribution in [0.1, 0.15) is 6.92 Å². The molecule has 0 aliphatic rings. The number of halogens is 1. The van der Waals surface area contributed by atoms with Gasteiger partial charge in [-0.1, -0.05) is 6.92 Å². The topological polar surface area (TPSA) is 17.1 Å². The summed E-state index contributed by atoms with van der Waals surface area (Å²) in [7, 11) is 7.72. The molecule has 0 saturated carbocycles. The minimum absolute atomic E-state index is 0.0417. The molecule has 0 amide bonds. The molecule has 0 aliphatic heterocycles. The van der Waals surface area contributed by atoms with Gasteiger partial charge in [-0.25, -0.2) is 0 Å². The molecule has 0 aromatic carbocycles. The molecule has 0 saturated heterocycles. The predicted molar refractivity (Wildman–Crippen MR) is 44.6 cm³/mol. The van der Waals surface area contributed by atoms with Crippen molar-refractivity contribution in [2.24, 2.45) is 0 Å². The fraction of sp³-hybridized carbons (Fsp3) is 0.667. The molecule has 0 aromatic heterocycles. The first-order chi connectivity index (χ1) is 3.55. The normalized spacial score (nSPS) is 12.9. The van der Waals surface area contributed by atoms with Gasteiger partial charge in [0.2, 0.25) is 0 Å². The minimum Gasteiger partial charge on any atom is -0.287 e. The van der Waals surface area contributed by atoms with E-state index < -0.39 is 0 Å². The SMILES string of the molecule is [B]B(P)C(C)C(=O)Br. The first-order valence-electron chi connectivity index (χ1n) is 2.26. The molecule has 0 aliphatic carbocycles. The van der Waals surface area contributed by atoms with E-state index in [9.17, 15) is 4.79 Å². The lowest BCUT2D eigenvalue weighted by Gasteiger charge is -2.05. The van der Waals surface area contributed by atoms with Crippen molar-refractivity contribution in [2.75, 3.05) is 0 Å². The number of rotatable bonds is 2. The van der Waals surface area contributed by atoms with Gasteiger partial charge in [0.05, 0.1) is 0 Å². The number of hydrogen-bond acceptors (Lipinski definition) is 1. The lowest BCUT2D eigenvalue weighted by molar-refractivity contribution is -0.110. The average Bonchev–Trinajstić information content (AvgIpc) is 1.64. The van der Waals surface area contributed by atoms with E-state index in [-0.39, 0.29) is 16.8 Å². The highest BCUT2D eigenvalue weighted by Gasteiger charge is 2.14. The van der Waals surface area contributed by atoms with Gasteiger partial charge in [-0.15, -0.1) is 0 Å². The molecule has 5 heteroatoms. The Morgan fingerprint density at radius 3 is 2.38 bits per heavy atom. The van der Waals surface area contributed by atoms with Gasteiger partial charge in [-0.05, 0) is 21.7 Å². The average molecular weight is 191 g/mol. The first kappa shape index (κ1) is 8.71. The summed E-state index contributed by atoms with van der Waals surface area (Å²) >= 11 is 2.81. The summed E-state index contributed by atoms with van der Waals surface area (Å²) in [5.41, 5.74) is 0. The Morgan fingerprint density at radius 2 is 2.38 bits per heavy atom. The van der Waals surface area contributed by atoms with Gasteiger partial charge in [0.15, 0.2) is 4.69 Å². The fourth-order valence-electron chi connectivity index (χ4n) is 0.151. The van der Waals surface area contributed by atoms with E-state index in [1.807, 2.05) is 0 Å². The van der Waals surface area contributed by atoms with Crippen molar-refractivity contribution in [1.82, 2.24) is 0 Å². The second kappa shape index (κ2) is 3.68. The maximum atomic E-state index is 10.4. The Bertz CT molecular complexity index is 97.3. The summed E-state index contributed by atoms with van der Waals surface area (Å²) in [6.45, 7) is 1.77. The third-order valence-electron chi connectivity index (χ3n) is 0.935. The maximum Gasteiger partial charge on any atom is 0.193 e. The van der Waals surface area contributed by atoms with Crippen LogP contribution in [-0.2, 0) is 4.79 Å². The molecule has 2 atom stereocenters. The summed E-state index contributed by atoms with van der Waals surface area (Å²) in [4.78, 5) is 10.4. The Labute approximate surface area is 61.7 Å². The zero-order valence-corrected chi connectivity index (χ0v) is 7.34. The van der Waals surface area contributed by atoms with Gasteiger partial charge in [0, 0.05) is 7.74 Å². The van der Waals surface area contributed by atoms with Crippen LogP contribution in [0, 0.1) is 0 Å². The third kappa shape index (κ3) is 2.88. The second-order valence-corrected chi connectivity index (χ2v) is 3.22. The van der Waals surface area contributed by atoms with Crippen molar-refractivity contribution < 1.29 is 4.79 Å². The van der Waals surface area contributed by atoms with Crippen LogP contribution in [0.4, 0.5) is 0 Å². The zero-order chi connectivity index (χ0) is 6.73. The molecule has 0 fully saturated rings. The van der Waals surface area contributed by atoms with Crippen molar-refractivity contribution in [3.63, 3.8) is 0 Å². The number of carbonyl (C=O) groups excluding carboxylic acids is 1. The first-order valence-corrected chi connectivity index (χ1v) is 3.72. The fourth-order valence-corrected chi connectivity index (χ4v) is 0.913. The maximum absolute atomic E-state index is 10.4. The monoisotopic (exact) mass is 190 g/mol. The molecule has 0 N–H and O–H groups in total. The Hall–Kier alpha value is 0.710. The van der Waals surface area contributed by atoms with Crippen molar-refractivity contribution in [1.29, 1.82) is 0 Å². The molecular weight excluding hydrogens is 185 g/mol. The standard InChI is InChI=1S/C3H6B2BrOP/c1-2(3(6)7)5(4)8/h2H,8H2,1H3. The molecular formula is C3H6B2BrOP. The predicted octanol–water partition coefficient (Wildman–Crippen LogP) is 0.830. The summed E-state index contributed by atoms with van der Waals surface area (Å²) < 4.78 is -0.0417. The molecule has 0 heterocycles. The van der Waals surface area contributed by atoms with Crippen LogP contribution >= 0.6 is 25.0 Å². The Balaban J connectivity index is 3.64. The van der Waals surface area contributed by atoms with Crippen molar-refractivity contribution >= 4 is 43.8 Å². The van der Waals surface area contributed by atoms with Crippen molar-refractivity contribution in [2.45, 2.75) is 12.7 Å². The van der Waals surface area contributed by atoms with Gasteiger partial charge >= 0.3 is 0 Å². The lowest BCUT2D eigenvalue weighted by Crippen LogP contribution is -2.15. The van der Waals surface area contributed by atoms with Gasteiger partial charge in [-0.2, -0.15) is 9.12 Å². The van der Waals surface area contributed by atoms with Crippen molar-refractivity contribution in [3.8, 4) is 0 Å². The van der Waals surface area contributed by atoms with Gasteiger partial charge in [0.1, 0.15) is 6.32 Å². The zero-order valence-electron chi connectivity index (χ0n) is 4.60. The highest BCUT2D eigenvalue weighted by molar-refractivity contribution is 9.18. The summed E-state index contributed by atoms with van der Waals surface area (Å²) in [5, 5.41) is 0. The molecule has 2 radical (unpaired) electrons. The highest BCUT2D eigenvalue weighted by Crippen LogP contribution is 2.15. The largest absolute Gasteiger partial charge is 0.287 e. The van der Waals surface area contributed by atoms with Crippen molar-refractivity contribution in [3.05, 3.63) is 0 Å². The van der Waals surface area contributed by atoms with Crippen LogP contribution in [0.2, 0.25) is 5.82 Å². The quantitative estimate of drug-likeness (QED) is 0.358. The van der Waals surface area contributed by atoms with E-state index in [0.29, 0.717) is 0 Å². The second-order valence-electron chi connectivity index (χ2n) is 1.67. The van der Waals surface area contributed by atoms with Crippen LogP contribution in [0.15, 0.2) is 0 Å². The van der Waals surface area contributed by atoms with Crippen LogP contribution < -0.4 is 0 Å². The highest BCUT2D eigenvalue weighted by atomic mass is 79.9. The number of hydrogen-bond donors (Lipinski definition) is 0. The molecule has 0 rings (SSSR count). The molecule has 8 heavy (non-hydrogen) atoms. The molecule has 0 spiro atoms. The summed E-state index contributed by atoms with van der Waals surface area (Å²) in [5.74, 6) is -0.111. The molecule has 0 bridgehead atoms. The number of carbonyl (C=O) groups is 1. The van der Waals surface area contributed by atoms with Gasteiger partial charge < -0.3 is 0 Å². The van der Waals surface area contributed by atoms with Crippen LogP contribution in [-0.4, -0.2) is 18.8 Å². The summed E-state index contributed by atoms with van der Waals surface area (Å²) in [6, 6.07) is 0. The van der Waals surface area contributed by atoms with E-state index in [1.165, 1.54) is 0 Å². The molecule has 1 nitrogen and oxygen atoms in total. The van der Waals surface area contributed by atoms with Gasteiger partial charge in [0.25, 0.3) is 0 Å². The summed E-state index contributed by atoms with van der Waals surface area (Å²) in [6.07, 6.45) is -0.137. The smallest absolute Gasteiger partial charge is 0.193 e. The van der Waals surface area contributed by atoms with Crippen LogP contribution in [0.25, 0.3) is 0 Å². The Morgan fingerprint density at radius 1 is 2.00 bits per heavy atom.